The Morgan fingerprint density at radius 3 is 2.25 bits per heavy atom. The highest BCUT2D eigenvalue weighted by molar-refractivity contribution is 9.09. The summed E-state index contributed by atoms with van der Waals surface area (Å²) in [6.45, 7) is 0. The Labute approximate surface area is 99.0 Å². The first-order valence-corrected chi connectivity index (χ1v) is 5.15. The molecular weight excluding hydrogens is 224 g/mol. The number of rotatable bonds is 4. The monoisotopic (exact) mass is 236 g/mol. The average Bonchev–Trinajstić information content (AvgIpc) is 2.07. The predicted octanol–water partition coefficient (Wildman–Crippen LogP) is 3.02. The fourth-order valence-corrected chi connectivity index (χ4v) is 1.46. The molecule has 0 nitrogen and oxygen atoms in total. The van der Waals surface area contributed by atoms with E-state index < -0.39 is 0 Å². The van der Waals surface area contributed by atoms with Gasteiger partial charge in [-0.25, -0.2) is 0 Å². The Balaban J connectivity index is 0.00000121. The summed E-state index contributed by atoms with van der Waals surface area (Å²) in [5.74, 6) is 0. The largest absolute Gasteiger partial charge is 0.0928 e. The van der Waals surface area contributed by atoms with Gasteiger partial charge in [0.05, 0.1) is 0 Å². The van der Waals surface area contributed by atoms with Crippen LogP contribution in [0.25, 0.3) is 0 Å². The van der Waals surface area contributed by atoms with Crippen molar-refractivity contribution in [2.45, 2.75) is 19.3 Å². The minimum absolute atomic E-state index is 0. The van der Waals surface area contributed by atoms with Crippen LogP contribution < -0.4 is 0 Å². The first-order chi connectivity index (χ1) is 5.43. The molecule has 2 radical (unpaired) electrons. The predicted molar refractivity (Wildman–Crippen MR) is 58.9 cm³/mol. The third kappa shape index (κ3) is 5.17. The van der Waals surface area contributed by atoms with Crippen LogP contribution in [0, 0.1) is 0 Å². The molecule has 0 aromatic heterocycles. The van der Waals surface area contributed by atoms with Crippen molar-refractivity contribution in [3.63, 3.8) is 0 Å². The van der Waals surface area contributed by atoms with E-state index in [1.54, 1.807) is 0 Å². The van der Waals surface area contributed by atoms with Gasteiger partial charge in [-0.3, -0.25) is 0 Å². The van der Waals surface area contributed by atoms with Gasteiger partial charge in [0.2, 0.25) is 0 Å². The SMILES string of the molecule is BrCCCCc1ccccc1.[Mg]. The van der Waals surface area contributed by atoms with E-state index in [9.17, 15) is 0 Å². The summed E-state index contributed by atoms with van der Waals surface area (Å²) < 4.78 is 0. The van der Waals surface area contributed by atoms with Gasteiger partial charge >= 0.3 is 0 Å². The van der Waals surface area contributed by atoms with Gasteiger partial charge in [-0.1, -0.05) is 46.3 Å². The minimum Gasteiger partial charge on any atom is -0.0928 e. The van der Waals surface area contributed by atoms with Crippen molar-refractivity contribution < 1.29 is 0 Å². The number of benzene rings is 1. The number of alkyl halides is 1. The molecule has 0 N–H and O–H groups in total. The highest BCUT2D eigenvalue weighted by atomic mass is 79.9. The van der Waals surface area contributed by atoms with Crippen LogP contribution in [0.2, 0.25) is 0 Å². The first kappa shape index (κ1) is 12.5. The molecule has 0 heterocycles. The standard InChI is InChI=1S/C10H13Br.Mg/c11-9-5-4-8-10-6-2-1-3-7-10;/h1-3,6-7H,4-5,8-9H2;. The van der Waals surface area contributed by atoms with Gasteiger partial charge in [0.1, 0.15) is 0 Å². The molecule has 2 heteroatoms. The van der Waals surface area contributed by atoms with E-state index in [2.05, 4.69) is 46.3 Å². The van der Waals surface area contributed by atoms with Crippen LogP contribution in [0.4, 0.5) is 0 Å². The molecule has 0 amide bonds. The molecule has 1 aromatic carbocycles. The summed E-state index contributed by atoms with van der Waals surface area (Å²) in [6.07, 6.45) is 3.77. The van der Waals surface area contributed by atoms with E-state index in [0.717, 1.165) is 5.33 Å². The fraction of sp³-hybridized carbons (Fsp3) is 0.400. The highest BCUT2D eigenvalue weighted by Gasteiger charge is 1.89. The number of hydrogen-bond donors (Lipinski definition) is 0. The molecule has 0 aliphatic carbocycles. The summed E-state index contributed by atoms with van der Waals surface area (Å²) in [7, 11) is 0. The van der Waals surface area contributed by atoms with Crippen LogP contribution in [0.15, 0.2) is 30.3 Å². The van der Waals surface area contributed by atoms with Gasteiger partial charge in [0.25, 0.3) is 0 Å². The zero-order valence-electron chi connectivity index (χ0n) is 7.30. The molecule has 62 valence electrons. The second-order valence-corrected chi connectivity index (χ2v) is 3.42. The Morgan fingerprint density at radius 2 is 1.67 bits per heavy atom. The van der Waals surface area contributed by atoms with Crippen LogP contribution in [0.3, 0.4) is 0 Å². The van der Waals surface area contributed by atoms with Crippen LogP contribution in [0.1, 0.15) is 18.4 Å². The zero-order chi connectivity index (χ0) is 7.94. The third-order valence-corrected chi connectivity index (χ3v) is 2.25. The maximum Gasteiger partial charge on any atom is 0.00314 e. The lowest BCUT2D eigenvalue weighted by Gasteiger charge is -1.97. The van der Waals surface area contributed by atoms with Crippen molar-refractivity contribution in [3.05, 3.63) is 35.9 Å². The van der Waals surface area contributed by atoms with Gasteiger partial charge in [-0.05, 0) is 24.8 Å². The molecule has 0 atom stereocenters. The normalized spacial score (nSPS) is 9.08. The average molecular weight is 237 g/mol. The van der Waals surface area contributed by atoms with Gasteiger partial charge in [0.15, 0.2) is 0 Å². The summed E-state index contributed by atoms with van der Waals surface area (Å²) in [4.78, 5) is 0. The summed E-state index contributed by atoms with van der Waals surface area (Å²) in [6, 6.07) is 10.6. The molecule has 0 fully saturated rings. The van der Waals surface area contributed by atoms with Crippen molar-refractivity contribution in [1.29, 1.82) is 0 Å². The maximum atomic E-state index is 3.42. The Morgan fingerprint density at radius 1 is 1.00 bits per heavy atom. The lowest BCUT2D eigenvalue weighted by atomic mass is 10.1. The van der Waals surface area contributed by atoms with Gasteiger partial charge in [-0.2, -0.15) is 0 Å². The van der Waals surface area contributed by atoms with Crippen LogP contribution >= 0.6 is 15.9 Å². The number of halogens is 1. The molecular formula is C10H13BrMg. The molecule has 1 aromatic rings. The lowest BCUT2D eigenvalue weighted by Crippen LogP contribution is -1.84. The van der Waals surface area contributed by atoms with Crippen LogP contribution in [-0.2, 0) is 6.42 Å². The molecule has 1 rings (SSSR count). The third-order valence-electron chi connectivity index (χ3n) is 1.69. The lowest BCUT2D eigenvalue weighted by molar-refractivity contribution is 0.806. The van der Waals surface area contributed by atoms with Crippen molar-refractivity contribution in [1.82, 2.24) is 0 Å². The molecule has 0 saturated heterocycles. The highest BCUT2D eigenvalue weighted by Crippen LogP contribution is 2.04. The quantitative estimate of drug-likeness (QED) is 0.429. The van der Waals surface area contributed by atoms with E-state index in [-0.39, 0.29) is 23.1 Å². The Bertz CT molecular complexity index is 186. The topological polar surface area (TPSA) is 0 Å². The second-order valence-electron chi connectivity index (χ2n) is 2.63. The molecule has 0 aliphatic heterocycles. The van der Waals surface area contributed by atoms with Gasteiger partial charge in [-0.15, -0.1) is 0 Å². The first-order valence-electron chi connectivity index (χ1n) is 4.03. The Hall–Kier alpha value is 0.466. The van der Waals surface area contributed by atoms with E-state index in [4.69, 9.17) is 0 Å². The fourth-order valence-electron chi connectivity index (χ4n) is 1.07. The van der Waals surface area contributed by atoms with Gasteiger partial charge in [0, 0.05) is 28.4 Å². The number of hydrogen-bond acceptors (Lipinski definition) is 0. The van der Waals surface area contributed by atoms with Crippen molar-refractivity contribution >= 4 is 39.0 Å². The Kier molecular flexibility index (Phi) is 8.40. The molecule has 12 heavy (non-hydrogen) atoms. The molecule has 0 spiro atoms. The van der Waals surface area contributed by atoms with Crippen molar-refractivity contribution in [3.8, 4) is 0 Å². The van der Waals surface area contributed by atoms with Gasteiger partial charge < -0.3 is 0 Å². The molecule has 0 bridgehead atoms. The zero-order valence-corrected chi connectivity index (χ0v) is 10.3. The van der Waals surface area contributed by atoms with E-state index in [1.165, 1.54) is 24.8 Å². The molecule has 0 saturated carbocycles. The minimum atomic E-state index is 0. The summed E-state index contributed by atoms with van der Waals surface area (Å²) >= 11 is 3.42. The summed E-state index contributed by atoms with van der Waals surface area (Å²) in [5, 5.41) is 1.12. The van der Waals surface area contributed by atoms with Crippen LogP contribution in [-0.4, -0.2) is 28.4 Å². The molecule has 0 aliphatic rings. The van der Waals surface area contributed by atoms with E-state index in [0.29, 0.717) is 0 Å². The summed E-state index contributed by atoms with van der Waals surface area (Å²) in [5.41, 5.74) is 1.45. The number of aryl methyl sites for hydroxylation is 1. The van der Waals surface area contributed by atoms with Crippen molar-refractivity contribution in [2.24, 2.45) is 0 Å². The van der Waals surface area contributed by atoms with E-state index in [1.807, 2.05) is 0 Å². The number of unbranched alkanes of at least 4 members (excludes halogenated alkanes) is 1. The second kappa shape index (κ2) is 8.08. The van der Waals surface area contributed by atoms with Crippen LogP contribution in [0.5, 0.6) is 0 Å². The van der Waals surface area contributed by atoms with Crippen molar-refractivity contribution in [2.75, 3.05) is 5.33 Å². The smallest absolute Gasteiger partial charge is 0.00314 e. The molecule has 0 unspecified atom stereocenters. The maximum absolute atomic E-state index is 3.42. The van der Waals surface area contributed by atoms with E-state index >= 15 is 0 Å².